The standard InChI is InChI=1S/C35H60O10Si/c1-13-46(14-2,15-3)43-20-31(41-21-37-9)34-26(7)33(25(6)32(42-22-38-10)24(5)18-23(4)27(8)36)44-35(45-34)28-16-17-29(39-11)30(19-28)40-12/h16-19,23,25-26,31-35H,13-15,20-22H2,1-12H3/b24-18+/t23-,25+,26+,31-,32-,33-,34-,35-/m0/s1. The van der Waals surface area contributed by atoms with Crippen LogP contribution in [0, 0.1) is 17.8 Å². The highest BCUT2D eigenvalue weighted by atomic mass is 28.4. The van der Waals surface area contributed by atoms with Crippen LogP contribution < -0.4 is 9.47 Å². The average molecular weight is 669 g/mol. The Morgan fingerprint density at radius 1 is 0.891 bits per heavy atom. The maximum atomic E-state index is 12.1. The van der Waals surface area contributed by atoms with Crippen molar-refractivity contribution in [3.8, 4) is 11.5 Å². The summed E-state index contributed by atoms with van der Waals surface area (Å²) in [6.45, 7) is 16.9. The molecule has 0 saturated carbocycles. The Balaban J connectivity index is 2.61. The first-order valence-electron chi connectivity index (χ1n) is 16.5. The molecule has 1 aliphatic rings. The third-order valence-electron chi connectivity index (χ3n) is 9.49. The zero-order valence-electron chi connectivity index (χ0n) is 30.3. The van der Waals surface area contributed by atoms with Crippen LogP contribution in [0.2, 0.25) is 18.1 Å². The minimum Gasteiger partial charge on any atom is -0.493 e. The van der Waals surface area contributed by atoms with Gasteiger partial charge in [0.15, 0.2) is 26.1 Å². The lowest BCUT2D eigenvalue weighted by molar-refractivity contribution is -0.310. The quantitative estimate of drug-likeness (QED) is 0.0779. The number of hydrogen-bond acceptors (Lipinski definition) is 10. The van der Waals surface area contributed by atoms with E-state index in [0.29, 0.717) is 18.1 Å². The molecule has 0 radical (unpaired) electrons. The number of methoxy groups -OCH3 is 4. The Bertz CT molecular complexity index is 1070. The minimum absolute atomic E-state index is 0.0887. The number of ether oxygens (including phenoxy) is 8. The predicted octanol–water partition coefficient (Wildman–Crippen LogP) is 6.93. The second-order valence-electron chi connectivity index (χ2n) is 12.3. The molecule has 0 N–H and O–H groups in total. The highest BCUT2D eigenvalue weighted by Crippen LogP contribution is 2.42. The second-order valence-corrected chi connectivity index (χ2v) is 17.1. The third kappa shape index (κ3) is 10.6. The summed E-state index contributed by atoms with van der Waals surface area (Å²) in [4.78, 5) is 12.1. The fraction of sp³-hybridized carbons (Fsp3) is 0.743. The Morgan fingerprint density at radius 2 is 1.48 bits per heavy atom. The van der Waals surface area contributed by atoms with Crippen molar-refractivity contribution in [2.24, 2.45) is 17.8 Å². The van der Waals surface area contributed by atoms with Crippen molar-refractivity contribution in [1.29, 1.82) is 0 Å². The molecule has 11 heteroatoms. The molecule has 1 heterocycles. The molecule has 0 bridgehead atoms. The lowest BCUT2D eigenvalue weighted by Crippen LogP contribution is -2.54. The zero-order valence-corrected chi connectivity index (χ0v) is 31.3. The van der Waals surface area contributed by atoms with Crippen LogP contribution in [0.3, 0.4) is 0 Å². The Labute approximate surface area is 278 Å². The van der Waals surface area contributed by atoms with Crippen LogP contribution in [-0.2, 0) is 37.6 Å². The smallest absolute Gasteiger partial charge is 0.192 e. The van der Waals surface area contributed by atoms with Crippen LogP contribution in [0.1, 0.15) is 67.2 Å². The molecular formula is C35H60O10Si. The number of carbonyl (C=O) groups is 1. The van der Waals surface area contributed by atoms with Crippen LogP contribution in [0.25, 0.3) is 0 Å². The van der Waals surface area contributed by atoms with Crippen molar-refractivity contribution >= 4 is 14.1 Å². The van der Waals surface area contributed by atoms with E-state index in [1.165, 1.54) is 0 Å². The van der Waals surface area contributed by atoms with Crippen molar-refractivity contribution in [3.05, 3.63) is 35.4 Å². The molecule has 8 atom stereocenters. The largest absolute Gasteiger partial charge is 0.493 e. The molecule has 46 heavy (non-hydrogen) atoms. The summed E-state index contributed by atoms with van der Waals surface area (Å²) in [6, 6.07) is 8.72. The lowest BCUT2D eigenvalue weighted by Gasteiger charge is -2.47. The van der Waals surface area contributed by atoms with Crippen molar-refractivity contribution in [2.45, 2.75) is 104 Å². The van der Waals surface area contributed by atoms with Crippen molar-refractivity contribution in [2.75, 3.05) is 48.6 Å². The lowest BCUT2D eigenvalue weighted by atomic mass is 9.81. The molecule has 0 amide bonds. The highest BCUT2D eigenvalue weighted by molar-refractivity contribution is 6.73. The van der Waals surface area contributed by atoms with Gasteiger partial charge in [-0.1, -0.05) is 53.7 Å². The maximum absolute atomic E-state index is 12.1. The fourth-order valence-corrected chi connectivity index (χ4v) is 8.89. The number of Topliss-reactive ketones (excluding diaryl/α,β-unsaturated/α-hetero) is 1. The SMILES string of the molecule is CC[Si](CC)(CC)OC[C@H](OCOC)[C@H]1O[C@@H](c2ccc(OC)c(OC)c2)O[C@@H]([C@H](C)[C@@H](OCOC)/C(C)=C/[C@H](C)C(C)=O)[C@H]1C. The van der Waals surface area contributed by atoms with E-state index < -0.39 is 26.8 Å². The van der Waals surface area contributed by atoms with Gasteiger partial charge in [0.1, 0.15) is 25.5 Å². The van der Waals surface area contributed by atoms with Crippen LogP contribution >= 0.6 is 0 Å². The van der Waals surface area contributed by atoms with Gasteiger partial charge in [-0.15, -0.1) is 0 Å². The van der Waals surface area contributed by atoms with Crippen molar-refractivity contribution in [3.63, 3.8) is 0 Å². The van der Waals surface area contributed by atoms with Gasteiger partial charge in [0, 0.05) is 37.5 Å². The zero-order chi connectivity index (χ0) is 34.4. The topological polar surface area (TPSA) is 100 Å². The molecular weight excluding hydrogens is 608 g/mol. The van der Waals surface area contributed by atoms with E-state index in [-0.39, 0.29) is 49.3 Å². The van der Waals surface area contributed by atoms with Crippen LogP contribution in [0.15, 0.2) is 29.8 Å². The Kier molecular flexibility index (Phi) is 17.4. The summed E-state index contributed by atoms with van der Waals surface area (Å²) < 4.78 is 54.8. The van der Waals surface area contributed by atoms with E-state index in [2.05, 4.69) is 34.6 Å². The Morgan fingerprint density at radius 3 is 2.02 bits per heavy atom. The van der Waals surface area contributed by atoms with Gasteiger partial charge < -0.3 is 42.3 Å². The molecule has 2 rings (SSSR count). The number of carbonyl (C=O) groups excluding carboxylic acids is 1. The number of benzene rings is 1. The van der Waals surface area contributed by atoms with E-state index in [9.17, 15) is 4.79 Å². The van der Waals surface area contributed by atoms with Crippen LogP contribution in [0.5, 0.6) is 11.5 Å². The van der Waals surface area contributed by atoms with E-state index in [1.54, 1.807) is 35.4 Å². The van der Waals surface area contributed by atoms with Gasteiger partial charge in [-0.05, 0) is 49.7 Å². The average Bonchev–Trinajstić information content (AvgIpc) is 3.06. The van der Waals surface area contributed by atoms with Gasteiger partial charge in [0.2, 0.25) is 0 Å². The molecule has 1 aliphatic heterocycles. The number of hydrogen-bond donors (Lipinski definition) is 0. The van der Waals surface area contributed by atoms with Gasteiger partial charge in [-0.2, -0.15) is 0 Å². The molecule has 264 valence electrons. The van der Waals surface area contributed by atoms with E-state index in [4.69, 9.17) is 42.3 Å². The molecule has 10 nitrogen and oxygen atoms in total. The van der Waals surface area contributed by atoms with Crippen LogP contribution in [-0.4, -0.2) is 87.1 Å². The monoisotopic (exact) mass is 668 g/mol. The summed E-state index contributed by atoms with van der Waals surface area (Å²) in [7, 11) is 4.49. The fourth-order valence-electron chi connectivity index (χ4n) is 6.26. The molecule has 1 saturated heterocycles. The van der Waals surface area contributed by atoms with Gasteiger partial charge in [0.25, 0.3) is 0 Å². The first kappa shape index (κ1) is 40.3. The number of ketones is 1. The summed E-state index contributed by atoms with van der Waals surface area (Å²) >= 11 is 0. The molecule has 0 aliphatic carbocycles. The van der Waals surface area contributed by atoms with Crippen LogP contribution in [0.4, 0.5) is 0 Å². The molecule has 1 fully saturated rings. The number of allylic oxidation sites excluding steroid dienone is 1. The van der Waals surface area contributed by atoms with Gasteiger partial charge in [-0.3, -0.25) is 4.79 Å². The Hall–Kier alpha value is -1.83. The van der Waals surface area contributed by atoms with E-state index in [1.807, 2.05) is 38.1 Å². The van der Waals surface area contributed by atoms with Gasteiger partial charge in [0.05, 0.1) is 39.1 Å². The van der Waals surface area contributed by atoms with Crippen molar-refractivity contribution < 1.29 is 47.1 Å². The first-order valence-corrected chi connectivity index (χ1v) is 19.1. The molecule has 0 aromatic heterocycles. The molecule has 0 spiro atoms. The third-order valence-corrected chi connectivity index (χ3v) is 14.1. The normalized spacial score (nSPS) is 23.4. The second kappa shape index (κ2) is 19.9. The molecule has 0 unspecified atom stereocenters. The van der Waals surface area contributed by atoms with E-state index in [0.717, 1.165) is 29.3 Å². The number of rotatable bonds is 21. The van der Waals surface area contributed by atoms with Crippen molar-refractivity contribution in [1.82, 2.24) is 0 Å². The first-order chi connectivity index (χ1) is 22.0. The summed E-state index contributed by atoms with van der Waals surface area (Å²) in [5.74, 6) is 0.736. The highest BCUT2D eigenvalue weighted by Gasteiger charge is 2.47. The van der Waals surface area contributed by atoms with Gasteiger partial charge >= 0.3 is 0 Å². The summed E-state index contributed by atoms with van der Waals surface area (Å²) in [5.41, 5.74) is 1.72. The molecule has 1 aromatic carbocycles. The molecule has 1 aromatic rings. The maximum Gasteiger partial charge on any atom is 0.192 e. The minimum atomic E-state index is -1.93. The van der Waals surface area contributed by atoms with Gasteiger partial charge in [-0.25, -0.2) is 0 Å². The summed E-state index contributed by atoms with van der Waals surface area (Å²) in [6.07, 6.45) is -0.315. The van der Waals surface area contributed by atoms with E-state index >= 15 is 0 Å². The predicted molar refractivity (Wildman–Crippen MR) is 181 cm³/mol. The summed E-state index contributed by atoms with van der Waals surface area (Å²) in [5, 5.41) is 0.